The van der Waals surface area contributed by atoms with Crippen molar-refractivity contribution in [3.63, 3.8) is 0 Å². The molecule has 4 rings (SSSR count). The number of carbonyl (C=O) groups excluding carboxylic acids is 1. The minimum absolute atomic E-state index is 0.0201. The quantitative estimate of drug-likeness (QED) is 0.650. The van der Waals surface area contributed by atoms with Crippen molar-refractivity contribution in [3.05, 3.63) is 83.4 Å². The number of hydrogen-bond donors (Lipinski definition) is 0. The molecule has 1 atom stereocenters. The number of halogens is 3. The van der Waals surface area contributed by atoms with Gasteiger partial charge in [-0.2, -0.15) is 0 Å². The SMILES string of the molecule is O=C(c1ccc(F)c(F)c1)N1CCC[C@H](c2ccnc(-c3cccc(F)c3)n2)C1. The largest absolute Gasteiger partial charge is 0.338 e. The van der Waals surface area contributed by atoms with Crippen LogP contribution >= 0.6 is 0 Å². The van der Waals surface area contributed by atoms with Crippen molar-refractivity contribution >= 4 is 5.91 Å². The lowest BCUT2D eigenvalue weighted by molar-refractivity contribution is 0.0705. The van der Waals surface area contributed by atoms with Gasteiger partial charge in [-0.1, -0.05) is 12.1 Å². The molecule has 1 aliphatic heterocycles. The first-order chi connectivity index (χ1) is 14.0. The van der Waals surface area contributed by atoms with E-state index in [0.717, 1.165) is 30.7 Å². The Balaban J connectivity index is 1.55. The van der Waals surface area contributed by atoms with Crippen LogP contribution in [0.3, 0.4) is 0 Å². The van der Waals surface area contributed by atoms with E-state index in [2.05, 4.69) is 9.97 Å². The van der Waals surface area contributed by atoms with E-state index in [1.54, 1.807) is 29.3 Å². The Hall–Kier alpha value is -3.22. The van der Waals surface area contributed by atoms with Crippen molar-refractivity contribution in [2.24, 2.45) is 0 Å². The molecule has 1 fully saturated rings. The van der Waals surface area contributed by atoms with Gasteiger partial charge in [-0.25, -0.2) is 23.1 Å². The summed E-state index contributed by atoms with van der Waals surface area (Å²) in [6.45, 7) is 0.952. The molecule has 2 aromatic carbocycles. The normalized spacial score (nSPS) is 16.7. The molecule has 1 amide bonds. The van der Waals surface area contributed by atoms with Crippen molar-refractivity contribution in [3.8, 4) is 11.4 Å². The number of likely N-dealkylation sites (tertiary alicyclic amines) is 1. The molecule has 0 bridgehead atoms. The van der Waals surface area contributed by atoms with E-state index in [9.17, 15) is 18.0 Å². The summed E-state index contributed by atoms with van der Waals surface area (Å²) in [5.74, 6) is -2.33. The zero-order valence-electron chi connectivity index (χ0n) is 15.5. The fraction of sp³-hybridized carbons (Fsp3) is 0.227. The highest BCUT2D eigenvalue weighted by molar-refractivity contribution is 5.94. The molecule has 148 valence electrons. The Morgan fingerprint density at radius 3 is 2.69 bits per heavy atom. The second-order valence-corrected chi connectivity index (χ2v) is 7.03. The van der Waals surface area contributed by atoms with E-state index in [4.69, 9.17) is 0 Å². The molecular weight excluding hydrogens is 379 g/mol. The van der Waals surface area contributed by atoms with E-state index in [1.807, 2.05) is 0 Å². The maximum atomic E-state index is 13.5. The van der Waals surface area contributed by atoms with E-state index in [1.165, 1.54) is 18.2 Å². The van der Waals surface area contributed by atoms with Gasteiger partial charge in [0, 0.05) is 42.0 Å². The highest BCUT2D eigenvalue weighted by Gasteiger charge is 2.27. The fourth-order valence-corrected chi connectivity index (χ4v) is 3.58. The number of piperidine rings is 1. The van der Waals surface area contributed by atoms with Crippen molar-refractivity contribution in [1.29, 1.82) is 0 Å². The number of rotatable bonds is 3. The van der Waals surface area contributed by atoms with Crippen LogP contribution in [-0.2, 0) is 0 Å². The third kappa shape index (κ3) is 4.13. The Bertz CT molecular complexity index is 1060. The molecule has 1 aliphatic rings. The van der Waals surface area contributed by atoms with Gasteiger partial charge in [0.1, 0.15) is 5.82 Å². The standard InChI is InChI=1S/C22H18F3N3O/c23-17-5-1-3-14(11-17)21-26-9-8-20(27-21)16-4-2-10-28(13-16)22(29)15-6-7-18(24)19(25)12-15/h1,3,5-9,11-12,16H,2,4,10,13H2/t16-/m0/s1. The summed E-state index contributed by atoms with van der Waals surface area (Å²) in [6, 6.07) is 11.0. The van der Waals surface area contributed by atoms with E-state index in [-0.39, 0.29) is 23.2 Å². The first-order valence-corrected chi connectivity index (χ1v) is 9.34. The first-order valence-electron chi connectivity index (χ1n) is 9.34. The van der Waals surface area contributed by atoms with Gasteiger partial charge < -0.3 is 4.90 Å². The third-order valence-electron chi connectivity index (χ3n) is 5.05. The fourth-order valence-electron chi connectivity index (χ4n) is 3.58. The number of aromatic nitrogens is 2. The molecule has 1 aromatic heterocycles. The minimum Gasteiger partial charge on any atom is -0.338 e. The summed E-state index contributed by atoms with van der Waals surface area (Å²) in [4.78, 5) is 23.2. The monoisotopic (exact) mass is 397 g/mol. The number of hydrogen-bond acceptors (Lipinski definition) is 3. The highest BCUT2D eigenvalue weighted by atomic mass is 19.2. The summed E-state index contributed by atoms with van der Waals surface area (Å²) in [5, 5.41) is 0. The van der Waals surface area contributed by atoms with Gasteiger partial charge in [0.25, 0.3) is 5.91 Å². The Labute approximate surface area is 166 Å². The molecule has 3 aromatic rings. The van der Waals surface area contributed by atoms with E-state index >= 15 is 0 Å². The Morgan fingerprint density at radius 2 is 1.90 bits per heavy atom. The predicted molar refractivity (Wildman–Crippen MR) is 102 cm³/mol. The van der Waals surface area contributed by atoms with Crippen LogP contribution < -0.4 is 0 Å². The minimum atomic E-state index is -1.04. The van der Waals surface area contributed by atoms with Crippen LogP contribution in [0.2, 0.25) is 0 Å². The maximum Gasteiger partial charge on any atom is 0.253 e. The molecule has 29 heavy (non-hydrogen) atoms. The van der Waals surface area contributed by atoms with Gasteiger partial charge in [-0.3, -0.25) is 4.79 Å². The first kappa shape index (κ1) is 19.1. The van der Waals surface area contributed by atoms with Gasteiger partial charge in [-0.05, 0) is 49.2 Å². The smallest absolute Gasteiger partial charge is 0.253 e. The molecule has 0 aliphatic carbocycles. The van der Waals surface area contributed by atoms with E-state index < -0.39 is 11.6 Å². The number of amides is 1. The summed E-state index contributed by atoms with van der Waals surface area (Å²) in [6.07, 6.45) is 3.22. The lowest BCUT2D eigenvalue weighted by Gasteiger charge is -2.32. The molecule has 0 unspecified atom stereocenters. The Morgan fingerprint density at radius 1 is 1.03 bits per heavy atom. The average Bonchev–Trinajstić information content (AvgIpc) is 2.75. The van der Waals surface area contributed by atoms with Crippen LogP contribution in [0.25, 0.3) is 11.4 Å². The molecule has 0 saturated carbocycles. The number of benzene rings is 2. The van der Waals surface area contributed by atoms with Gasteiger partial charge in [0.2, 0.25) is 0 Å². The summed E-state index contributed by atoms with van der Waals surface area (Å²) in [5.41, 5.74) is 1.46. The average molecular weight is 397 g/mol. The van der Waals surface area contributed by atoms with Crippen LogP contribution in [0, 0.1) is 17.5 Å². The molecule has 0 radical (unpaired) electrons. The zero-order valence-corrected chi connectivity index (χ0v) is 15.5. The Kier molecular flexibility index (Phi) is 5.29. The molecule has 4 nitrogen and oxygen atoms in total. The van der Waals surface area contributed by atoms with Crippen molar-refractivity contribution in [1.82, 2.24) is 14.9 Å². The molecule has 0 spiro atoms. The molecule has 7 heteroatoms. The van der Waals surface area contributed by atoms with Crippen molar-refractivity contribution < 1.29 is 18.0 Å². The highest BCUT2D eigenvalue weighted by Crippen LogP contribution is 2.28. The summed E-state index contributed by atoms with van der Waals surface area (Å²) < 4.78 is 40.2. The van der Waals surface area contributed by atoms with Crippen LogP contribution in [0.5, 0.6) is 0 Å². The summed E-state index contributed by atoms with van der Waals surface area (Å²) in [7, 11) is 0. The van der Waals surface area contributed by atoms with Gasteiger partial charge >= 0.3 is 0 Å². The maximum absolute atomic E-state index is 13.5. The van der Waals surface area contributed by atoms with Gasteiger partial charge in [0.15, 0.2) is 17.5 Å². The second kappa shape index (κ2) is 8.03. The molecule has 1 saturated heterocycles. The summed E-state index contributed by atoms with van der Waals surface area (Å²) >= 11 is 0. The lowest BCUT2D eigenvalue weighted by atomic mass is 9.94. The van der Waals surface area contributed by atoms with Crippen LogP contribution in [0.15, 0.2) is 54.7 Å². The third-order valence-corrected chi connectivity index (χ3v) is 5.05. The molecule has 0 N–H and O–H groups in total. The zero-order chi connectivity index (χ0) is 20.4. The predicted octanol–water partition coefficient (Wildman–Crippen LogP) is 4.58. The van der Waals surface area contributed by atoms with E-state index in [0.29, 0.717) is 24.5 Å². The van der Waals surface area contributed by atoms with Crippen molar-refractivity contribution in [2.75, 3.05) is 13.1 Å². The van der Waals surface area contributed by atoms with Crippen LogP contribution in [0.4, 0.5) is 13.2 Å². The number of nitrogens with zero attached hydrogens (tertiary/aromatic N) is 3. The van der Waals surface area contributed by atoms with Crippen LogP contribution in [0.1, 0.15) is 34.8 Å². The van der Waals surface area contributed by atoms with Gasteiger partial charge in [0.05, 0.1) is 0 Å². The van der Waals surface area contributed by atoms with Crippen molar-refractivity contribution in [2.45, 2.75) is 18.8 Å². The molecular formula is C22H18F3N3O. The van der Waals surface area contributed by atoms with Gasteiger partial charge in [-0.15, -0.1) is 0 Å². The topological polar surface area (TPSA) is 46.1 Å². The molecule has 2 heterocycles. The lowest BCUT2D eigenvalue weighted by Crippen LogP contribution is -2.39. The number of carbonyl (C=O) groups is 1. The second-order valence-electron chi connectivity index (χ2n) is 7.03. The van der Waals surface area contributed by atoms with Crippen LogP contribution in [-0.4, -0.2) is 33.9 Å².